The van der Waals surface area contributed by atoms with E-state index in [1.807, 2.05) is 6.07 Å². The highest BCUT2D eigenvalue weighted by atomic mass is 19.4. The van der Waals surface area contributed by atoms with E-state index in [0.29, 0.717) is 66.1 Å². The van der Waals surface area contributed by atoms with Crippen LogP contribution in [0.25, 0.3) is 17.0 Å². The van der Waals surface area contributed by atoms with E-state index in [0.717, 1.165) is 6.07 Å². The Morgan fingerprint density at radius 1 is 1.24 bits per heavy atom. The van der Waals surface area contributed by atoms with Crippen LogP contribution in [0.3, 0.4) is 0 Å². The number of aromatic nitrogens is 5. The lowest BCUT2D eigenvalue weighted by molar-refractivity contribution is -0.138. The normalized spacial score (nSPS) is 14.4. The molecule has 1 amide bonds. The molecule has 4 aromatic rings. The highest BCUT2D eigenvalue weighted by Gasteiger charge is 2.33. The average molecular weight is 514 g/mol. The van der Waals surface area contributed by atoms with Gasteiger partial charge in [-0.25, -0.2) is 14.5 Å². The maximum atomic E-state index is 13.6. The van der Waals surface area contributed by atoms with Crippen LogP contribution in [0.2, 0.25) is 0 Å². The van der Waals surface area contributed by atoms with E-state index in [4.69, 9.17) is 14.8 Å². The number of imidazole rings is 2. The van der Waals surface area contributed by atoms with Crippen molar-refractivity contribution in [1.82, 2.24) is 29.9 Å². The van der Waals surface area contributed by atoms with Crippen LogP contribution in [0, 0.1) is 6.92 Å². The first-order valence-corrected chi connectivity index (χ1v) is 11.9. The van der Waals surface area contributed by atoms with Gasteiger partial charge in [0.1, 0.15) is 5.82 Å². The Bertz CT molecular complexity index is 1420. The molecule has 0 saturated carbocycles. The number of amides is 1. The van der Waals surface area contributed by atoms with Gasteiger partial charge in [0.25, 0.3) is 0 Å². The van der Waals surface area contributed by atoms with E-state index in [9.17, 15) is 18.0 Å². The zero-order valence-corrected chi connectivity index (χ0v) is 20.4. The lowest BCUT2D eigenvalue weighted by Gasteiger charge is -2.28. The first-order valence-electron chi connectivity index (χ1n) is 11.9. The number of nitrogens with one attached hydrogen (secondary N) is 2. The molecule has 1 saturated heterocycles. The second kappa shape index (κ2) is 9.85. The van der Waals surface area contributed by atoms with Gasteiger partial charge in [0.05, 0.1) is 42.3 Å². The molecule has 4 heterocycles. The summed E-state index contributed by atoms with van der Waals surface area (Å²) >= 11 is 0. The van der Waals surface area contributed by atoms with Crippen LogP contribution in [0.4, 0.5) is 19.0 Å². The van der Waals surface area contributed by atoms with Crippen molar-refractivity contribution in [3.63, 3.8) is 0 Å². The van der Waals surface area contributed by atoms with Crippen molar-refractivity contribution in [3.8, 4) is 11.4 Å². The van der Waals surface area contributed by atoms with Crippen LogP contribution in [0.15, 0.2) is 36.7 Å². The molecule has 1 aliphatic heterocycles. The first kappa shape index (κ1) is 24.8. The van der Waals surface area contributed by atoms with E-state index in [1.54, 1.807) is 23.0 Å². The monoisotopic (exact) mass is 513 g/mol. The van der Waals surface area contributed by atoms with Crippen LogP contribution in [-0.2, 0) is 28.7 Å². The number of nitrogens with zero attached hydrogens (tertiary/aromatic N) is 5. The Kier molecular flexibility index (Phi) is 6.59. The molecule has 5 rings (SSSR count). The Labute approximate surface area is 210 Å². The Morgan fingerprint density at radius 3 is 2.70 bits per heavy atom. The van der Waals surface area contributed by atoms with Gasteiger partial charge in [-0.05, 0) is 30.2 Å². The van der Waals surface area contributed by atoms with Crippen molar-refractivity contribution in [2.75, 3.05) is 31.2 Å². The van der Waals surface area contributed by atoms with Gasteiger partial charge >= 0.3 is 6.18 Å². The van der Waals surface area contributed by atoms with Gasteiger partial charge < -0.3 is 19.9 Å². The summed E-state index contributed by atoms with van der Waals surface area (Å²) < 4.78 is 48.0. The summed E-state index contributed by atoms with van der Waals surface area (Å²) in [6.45, 7) is 5.38. The predicted molar refractivity (Wildman–Crippen MR) is 130 cm³/mol. The molecule has 0 radical (unpaired) electrons. The topological polar surface area (TPSA) is 100 Å². The van der Waals surface area contributed by atoms with Crippen LogP contribution in [0.1, 0.15) is 35.0 Å². The minimum absolute atomic E-state index is 0.108. The van der Waals surface area contributed by atoms with Gasteiger partial charge in [-0.1, -0.05) is 12.1 Å². The number of hydrogen-bond donors (Lipinski definition) is 2. The Morgan fingerprint density at radius 2 is 2.03 bits per heavy atom. The highest BCUT2D eigenvalue weighted by Crippen LogP contribution is 2.34. The van der Waals surface area contributed by atoms with Gasteiger partial charge in [-0.15, -0.1) is 5.10 Å². The van der Waals surface area contributed by atoms with E-state index in [2.05, 4.69) is 20.2 Å². The molecule has 12 heteroatoms. The number of ether oxygens (including phenoxy) is 1. The largest absolute Gasteiger partial charge is 0.416 e. The first-order chi connectivity index (χ1) is 17.7. The molecule has 0 bridgehead atoms. The Balaban J connectivity index is 1.70. The fourth-order valence-electron chi connectivity index (χ4n) is 4.52. The highest BCUT2D eigenvalue weighted by molar-refractivity contribution is 5.76. The number of halogens is 3. The van der Waals surface area contributed by atoms with E-state index in [-0.39, 0.29) is 24.4 Å². The van der Waals surface area contributed by atoms with Crippen molar-refractivity contribution in [2.45, 2.75) is 33.0 Å². The summed E-state index contributed by atoms with van der Waals surface area (Å²) in [4.78, 5) is 26.1. The fourth-order valence-corrected chi connectivity index (χ4v) is 4.52. The minimum atomic E-state index is -4.47. The quantitative estimate of drug-likeness (QED) is 0.409. The summed E-state index contributed by atoms with van der Waals surface area (Å²) in [6, 6.07) is 6.05. The number of hydrogen-bond acceptors (Lipinski definition) is 6. The number of alkyl halides is 3. The number of aromatic amines is 1. The van der Waals surface area contributed by atoms with Gasteiger partial charge in [0.15, 0.2) is 11.5 Å². The van der Waals surface area contributed by atoms with E-state index < -0.39 is 11.7 Å². The molecule has 0 unspecified atom stereocenters. The van der Waals surface area contributed by atoms with Crippen LogP contribution < -0.4 is 10.2 Å². The summed E-state index contributed by atoms with van der Waals surface area (Å²) in [5.74, 6) is 1.01. The molecule has 37 heavy (non-hydrogen) atoms. The molecule has 1 aromatic carbocycles. The van der Waals surface area contributed by atoms with Crippen molar-refractivity contribution >= 4 is 17.4 Å². The fraction of sp³-hybridized carbons (Fsp3) is 0.360. The molecule has 3 aromatic heterocycles. The minimum Gasteiger partial charge on any atom is -0.378 e. The molecule has 1 aliphatic rings. The van der Waals surface area contributed by atoms with Gasteiger partial charge in [0.2, 0.25) is 5.91 Å². The van der Waals surface area contributed by atoms with Crippen molar-refractivity contribution < 1.29 is 22.7 Å². The van der Waals surface area contributed by atoms with Gasteiger partial charge in [-0.3, -0.25) is 4.79 Å². The molecule has 0 spiro atoms. The van der Waals surface area contributed by atoms with Crippen LogP contribution in [-0.4, -0.2) is 56.8 Å². The lowest BCUT2D eigenvalue weighted by Crippen LogP contribution is -2.37. The maximum Gasteiger partial charge on any atom is 0.416 e. The summed E-state index contributed by atoms with van der Waals surface area (Å²) in [6.07, 6.45) is -0.987. The number of anilines is 1. The molecule has 2 N–H and O–H groups in total. The molecule has 0 aliphatic carbocycles. The third kappa shape index (κ3) is 5.01. The molecular formula is C25H26F3N7O2. The van der Waals surface area contributed by atoms with Crippen LogP contribution in [0.5, 0.6) is 0 Å². The number of carbonyl (C=O) groups excluding carboxylic acids is 1. The molecular weight excluding hydrogens is 487 g/mol. The van der Waals surface area contributed by atoms with Gasteiger partial charge in [-0.2, -0.15) is 13.2 Å². The van der Waals surface area contributed by atoms with E-state index in [1.165, 1.54) is 19.9 Å². The standard InChI is InChI=1S/C25H26F3N7O2/c1-15-17(4-3-5-19(15)25(26,27)28)12-21-20(14-31-16(2)36)32-24-18(23-29-6-7-30-23)13-22(33-35(21)24)34-8-10-37-11-9-34/h3-7,13H,8-12,14H2,1-2H3,(H,29,30)(H,31,36). The zero-order valence-electron chi connectivity index (χ0n) is 20.4. The maximum absolute atomic E-state index is 13.6. The molecule has 194 valence electrons. The number of morpholine rings is 1. The summed E-state index contributed by atoms with van der Waals surface area (Å²) in [5, 5.41) is 7.62. The number of carbonyl (C=O) groups is 1. The van der Waals surface area contributed by atoms with E-state index >= 15 is 0 Å². The zero-order chi connectivity index (χ0) is 26.2. The molecule has 0 atom stereocenters. The van der Waals surface area contributed by atoms with Gasteiger partial charge in [0, 0.05) is 38.8 Å². The third-order valence-corrected chi connectivity index (χ3v) is 6.45. The second-order valence-electron chi connectivity index (χ2n) is 8.87. The summed E-state index contributed by atoms with van der Waals surface area (Å²) in [5.41, 5.74) is 2.26. The van der Waals surface area contributed by atoms with Crippen molar-refractivity contribution in [2.24, 2.45) is 0 Å². The number of benzene rings is 1. The molecule has 9 nitrogen and oxygen atoms in total. The number of rotatable bonds is 6. The number of H-pyrrole nitrogens is 1. The average Bonchev–Trinajstić information content (AvgIpc) is 3.52. The van der Waals surface area contributed by atoms with Crippen molar-refractivity contribution in [3.05, 3.63) is 64.7 Å². The summed E-state index contributed by atoms with van der Waals surface area (Å²) in [7, 11) is 0. The van der Waals surface area contributed by atoms with Crippen LogP contribution >= 0.6 is 0 Å². The molecule has 1 fully saturated rings. The SMILES string of the molecule is CC(=O)NCc1nc2c(-c3ncc[nH]3)cc(N3CCOCC3)nn2c1Cc1cccc(C(F)(F)F)c1C. The van der Waals surface area contributed by atoms with Crippen molar-refractivity contribution in [1.29, 1.82) is 0 Å². The predicted octanol–water partition coefficient (Wildman–Crippen LogP) is 3.51. The third-order valence-electron chi connectivity index (χ3n) is 6.45. The number of fused-ring (bicyclic) bond motifs is 1. The second-order valence-corrected chi connectivity index (χ2v) is 8.87. The lowest BCUT2D eigenvalue weighted by atomic mass is 9.98. The Hall–Kier alpha value is -3.93. The smallest absolute Gasteiger partial charge is 0.378 e.